The van der Waals surface area contributed by atoms with Gasteiger partial charge in [0.15, 0.2) is 0 Å². The van der Waals surface area contributed by atoms with Crippen molar-refractivity contribution in [2.45, 2.75) is 45.4 Å². The SMILES string of the molecule is COc1cccc2c1NC(=O)C2C1CCCCC1(C)C. The molecule has 0 saturated heterocycles. The van der Waals surface area contributed by atoms with E-state index in [2.05, 4.69) is 25.2 Å². The average Bonchev–Trinajstić information content (AvgIpc) is 2.74. The molecule has 3 heteroatoms. The van der Waals surface area contributed by atoms with E-state index in [1.165, 1.54) is 19.3 Å². The first-order valence-corrected chi connectivity index (χ1v) is 7.52. The van der Waals surface area contributed by atoms with Gasteiger partial charge in [0, 0.05) is 0 Å². The first kappa shape index (κ1) is 13.5. The highest BCUT2D eigenvalue weighted by atomic mass is 16.5. The Morgan fingerprint density at radius 2 is 2.10 bits per heavy atom. The van der Waals surface area contributed by atoms with E-state index in [4.69, 9.17) is 4.74 Å². The van der Waals surface area contributed by atoms with Crippen LogP contribution in [0, 0.1) is 11.3 Å². The second kappa shape index (κ2) is 4.80. The maximum atomic E-state index is 12.5. The Labute approximate surface area is 120 Å². The van der Waals surface area contributed by atoms with Gasteiger partial charge in [0.05, 0.1) is 18.7 Å². The third kappa shape index (κ3) is 2.00. The minimum atomic E-state index is -0.0181. The van der Waals surface area contributed by atoms with Crippen LogP contribution in [-0.4, -0.2) is 13.0 Å². The molecule has 0 spiro atoms. The molecular formula is C17H23NO2. The van der Waals surface area contributed by atoms with E-state index in [1.54, 1.807) is 7.11 Å². The van der Waals surface area contributed by atoms with E-state index in [0.29, 0.717) is 5.92 Å². The van der Waals surface area contributed by atoms with Crippen molar-refractivity contribution in [3.63, 3.8) is 0 Å². The van der Waals surface area contributed by atoms with Crippen molar-refractivity contribution in [1.82, 2.24) is 0 Å². The summed E-state index contributed by atoms with van der Waals surface area (Å²) in [4.78, 5) is 12.5. The number of carbonyl (C=O) groups is 1. The maximum absolute atomic E-state index is 12.5. The molecule has 1 heterocycles. The second-order valence-electron chi connectivity index (χ2n) is 6.73. The van der Waals surface area contributed by atoms with E-state index in [-0.39, 0.29) is 17.2 Å². The van der Waals surface area contributed by atoms with Crippen molar-refractivity contribution >= 4 is 11.6 Å². The Morgan fingerprint density at radius 1 is 1.30 bits per heavy atom. The average molecular weight is 273 g/mol. The zero-order chi connectivity index (χ0) is 14.3. The number of carbonyl (C=O) groups excluding carboxylic acids is 1. The molecular weight excluding hydrogens is 250 g/mol. The predicted molar refractivity (Wildman–Crippen MR) is 80.1 cm³/mol. The molecule has 1 aromatic rings. The number of hydrogen-bond donors (Lipinski definition) is 1. The van der Waals surface area contributed by atoms with Crippen LogP contribution in [0.1, 0.15) is 51.0 Å². The number of ether oxygens (including phenoxy) is 1. The van der Waals surface area contributed by atoms with Crippen LogP contribution < -0.4 is 10.1 Å². The van der Waals surface area contributed by atoms with Gasteiger partial charge in [-0.3, -0.25) is 4.79 Å². The van der Waals surface area contributed by atoms with Gasteiger partial charge in [-0.2, -0.15) is 0 Å². The van der Waals surface area contributed by atoms with Crippen LogP contribution in [0.5, 0.6) is 5.75 Å². The van der Waals surface area contributed by atoms with Gasteiger partial charge in [0.2, 0.25) is 5.91 Å². The lowest BCUT2D eigenvalue weighted by Crippen LogP contribution is -2.35. The van der Waals surface area contributed by atoms with Crippen LogP contribution in [0.4, 0.5) is 5.69 Å². The van der Waals surface area contributed by atoms with E-state index in [1.807, 2.05) is 12.1 Å². The second-order valence-corrected chi connectivity index (χ2v) is 6.73. The van der Waals surface area contributed by atoms with Crippen LogP contribution in [0.3, 0.4) is 0 Å². The predicted octanol–water partition coefficient (Wildman–Crippen LogP) is 3.95. The van der Waals surface area contributed by atoms with Crippen molar-refractivity contribution in [3.8, 4) is 5.75 Å². The van der Waals surface area contributed by atoms with E-state index in [9.17, 15) is 4.79 Å². The molecule has 3 nitrogen and oxygen atoms in total. The smallest absolute Gasteiger partial charge is 0.232 e. The summed E-state index contributed by atoms with van der Waals surface area (Å²) in [7, 11) is 1.65. The summed E-state index contributed by atoms with van der Waals surface area (Å²) >= 11 is 0. The van der Waals surface area contributed by atoms with Gasteiger partial charge in [0.1, 0.15) is 5.75 Å². The number of methoxy groups -OCH3 is 1. The number of hydrogen-bond acceptors (Lipinski definition) is 2. The Morgan fingerprint density at radius 3 is 2.80 bits per heavy atom. The molecule has 0 aromatic heterocycles. The number of rotatable bonds is 2. The number of nitrogens with one attached hydrogen (secondary N) is 1. The van der Waals surface area contributed by atoms with Crippen molar-refractivity contribution < 1.29 is 9.53 Å². The van der Waals surface area contributed by atoms with Gasteiger partial charge >= 0.3 is 0 Å². The first-order chi connectivity index (χ1) is 9.54. The summed E-state index contributed by atoms with van der Waals surface area (Å²) in [5.41, 5.74) is 2.23. The normalized spacial score (nSPS) is 27.9. The van der Waals surface area contributed by atoms with Crippen molar-refractivity contribution in [3.05, 3.63) is 23.8 Å². The lowest BCUT2D eigenvalue weighted by Gasteiger charge is -2.41. The molecule has 1 aliphatic carbocycles. The molecule has 2 aliphatic rings. The fraction of sp³-hybridized carbons (Fsp3) is 0.588. The molecule has 1 amide bonds. The molecule has 1 aromatic carbocycles. The highest BCUT2D eigenvalue weighted by molar-refractivity contribution is 6.04. The minimum Gasteiger partial charge on any atom is -0.495 e. The maximum Gasteiger partial charge on any atom is 0.232 e. The van der Waals surface area contributed by atoms with E-state index in [0.717, 1.165) is 23.4 Å². The van der Waals surface area contributed by atoms with Gasteiger partial charge in [-0.25, -0.2) is 0 Å². The van der Waals surface area contributed by atoms with Crippen molar-refractivity contribution in [1.29, 1.82) is 0 Å². The Bertz CT molecular complexity index is 536. The standard InChI is InChI=1S/C17H23NO2/c1-17(2)10-5-4-8-12(17)14-11-7-6-9-13(20-3)15(11)18-16(14)19/h6-7,9,12,14H,4-5,8,10H2,1-3H3,(H,18,19). The zero-order valence-electron chi connectivity index (χ0n) is 12.5. The Balaban J connectivity index is 2.02. The number of amides is 1. The molecule has 2 unspecified atom stereocenters. The first-order valence-electron chi connectivity index (χ1n) is 7.52. The van der Waals surface area contributed by atoms with E-state index < -0.39 is 0 Å². The summed E-state index contributed by atoms with van der Waals surface area (Å²) in [5.74, 6) is 1.32. The molecule has 1 aliphatic heterocycles. The van der Waals surface area contributed by atoms with Crippen molar-refractivity contribution in [2.24, 2.45) is 11.3 Å². The molecule has 1 fully saturated rings. The summed E-state index contributed by atoms with van der Waals surface area (Å²) < 4.78 is 5.38. The monoisotopic (exact) mass is 273 g/mol. The Hall–Kier alpha value is -1.51. The highest BCUT2D eigenvalue weighted by Crippen LogP contribution is 2.52. The molecule has 0 bridgehead atoms. The lowest BCUT2D eigenvalue weighted by molar-refractivity contribution is -0.119. The molecule has 20 heavy (non-hydrogen) atoms. The topological polar surface area (TPSA) is 38.3 Å². The molecule has 2 atom stereocenters. The van der Waals surface area contributed by atoms with Gasteiger partial charge in [-0.1, -0.05) is 38.8 Å². The van der Waals surface area contributed by atoms with Gasteiger partial charge < -0.3 is 10.1 Å². The van der Waals surface area contributed by atoms with Gasteiger partial charge in [-0.15, -0.1) is 0 Å². The molecule has 3 rings (SSSR count). The quantitative estimate of drug-likeness (QED) is 0.886. The van der Waals surface area contributed by atoms with Crippen LogP contribution in [0.15, 0.2) is 18.2 Å². The minimum absolute atomic E-state index is 0.0181. The third-order valence-electron chi connectivity index (χ3n) is 5.14. The number of benzene rings is 1. The zero-order valence-corrected chi connectivity index (χ0v) is 12.5. The van der Waals surface area contributed by atoms with Crippen LogP contribution in [0.2, 0.25) is 0 Å². The van der Waals surface area contributed by atoms with Crippen molar-refractivity contribution in [2.75, 3.05) is 12.4 Å². The summed E-state index contributed by atoms with van der Waals surface area (Å²) in [5, 5.41) is 3.04. The number of para-hydroxylation sites is 1. The van der Waals surface area contributed by atoms with E-state index >= 15 is 0 Å². The van der Waals surface area contributed by atoms with Crippen LogP contribution >= 0.6 is 0 Å². The summed E-state index contributed by atoms with van der Waals surface area (Å²) in [6.07, 6.45) is 4.86. The number of fused-ring (bicyclic) bond motifs is 1. The summed E-state index contributed by atoms with van der Waals surface area (Å²) in [6, 6.07) is 5.97. The molecule has 108 valence electrons. The molecule has 0 radical (unpaired) electrons. The van der Waals surface area contributed by atoms with Gasteiger partial charge in [0.25, 0.3) is 0 Å². The highest BCUT2D eigenvalue weighted by Gasteiger charge is 2.45. The van der Waals surface area contributed by atoms with Gasteiger partial charge in [-0.05, 0) is 35.8 Å². The number of anilines is 1. The fourth-order valence-electron chi connectivity index (χ4n) is 3.99. The van der Waals surface area contributed by atoms with Crippen LogP contribution in [-0.2, 0) is 4.79 Å². The third-order valence-corrected chi connectivity index (χ3v) is 5.14. The van der Waals surface area contributed by atoms with Crippen LogP contribution in [0.25, 0.3) is 0 Å². The Kier molecular flexibility index (Phi) is 3.23. The largest absolute Gasteiger partial charge is 0.495 e. The molecule has 1 saturated carbocycles. The fourth-order valence-corrected chi connectivity index (χ4v) is 3.99. The lowest BCUT2D eigenvalue weighted by atomic mass is 9.63. The molecule has 1 N–H and O–H groups in total. The summed E-state index contributed by atoms with van der Waals surface area (Å²) in [6.45, 7) is 4.62.